The van der Waals surface area contributed by atoms with E-state index in [0.717, 1.165) is 39.1 Å². The molecule has 2 heterocycles. The summed E-state index contributed by atoms with van der Waals surface area (Å²) in [5.74, 6) is 1.56. The zero-order chi connectivity index (χ0) is 16.6. The number of aromatic nitrogens is 2. The maximum atomic E-state index is 6.07. The minimum absolute atomic E-state index is 0.776. The lowest BCUT2D eigenvalue weighted by Crippen LogP contribution is -1.91. The Hall–Kier alpha value is -3.53. The Kier molecular flexibility index (Phi) is 3.07. The van der Waals surface area contributed by atoms with Crippen LogP contribution < -0.4 is 4.74 Å². The van der Waals surface area contributed by atoms with Crippen LogP contribution in [0.2, 0.25) is 0 Å². The molecule has 120 valence electrons. The molecule has 25 heavy (non-hydrogen) atoms. The third kappa shape index (κ3) is 2.44. The standard InChI is InChI=1S/C21H14N2O2/c1-2-7-20-18(6-1)19-13-17(8-9-21(19)25-20)24-16-5-3-4-15(12-16)23-11-10-22-14-23/h1-14H. The van der Waals surface area contributed by atoms with Crippen LogP contribution in [-0.2, 0) is 0 Å². The van der Waals surface area contributed by atoms with Crippen molar-refractivity contribution in [2.24, 2.45) is 0 Å². The van der Waals surface area contributed by atoms with Crippen molar-refractivity contribution < 1.29 is 9.15 Å². The average molecular weight is 326 g/mol. The van der Waals surface area contributed by atoms with E-state index in [4.69, 9.17) is 9.15 Å². The Morgan fingerprint density at radius 1 is 0.800 bits per heavy atom. The molecule has 0 aliphatic carbocycles. The third-order valence-corrected chi connectivity index (χ3v) is 4.20. The summed E-state index contributed by atoms with van der Waals surface area (Å²) in [5, 5.41) is 2.15. The molecule has 0 radical (unpaired) electrons. The second kappa shape index (κ2) is 5.53. The minimum atomic E-state index is 0.776. The SMILES string of the molecule is c1cc(Oc2ccc3oc4ccccc4c3c2)cc(-n2ccnc2)c1. The molecule has 0 saturated carbocycles. The lowest BCUT2D eigenvalue weighted by Gasteiger charge is -2.08. The molecule has 0 N–H and O–H groups in total. The molecule has 4 heteroatoms. The number of ether oxygens (including phenoxy) is 1. The molecule has 2 aromatic heterocycles. The van der Waals surface area contributed by atoms with Crippen LogP contribution in [0.15, 0.2) is 89.9 Å². The van der Waals surface area contributed by atoms with Gasteiger partial charge in [-0.3, -0.25) is 0 Å². The lowest BCUT2D eigenvalue weighted by atomic mass is 10.1. The van der Waals surface area contributed by atoms with E-state index in [2.05, 4.69) is 11.1 Å². The van der Waals surface area contributed by atoms with E-state index in [9.17, 15) is 0 Å². The number of rotatable bonds is 3. The molecule has 0 fully saturated rings. The van der Waals surface area contributed by atoms with E-state index in [0.29, 0.717) is 0 Å². The van der Waals surface area contributed by atoms with Gasteiger partial charge in [0.25, 0.3) is 0 Å². The summed E-state index contributed by atoms with van der Waals surface area (Å²) in [6, 6.07) is 21.8. The zero-order valence-corrected chi connectivity index (χ0v) is 13.3. The summed E-state index contributed by atoms with van der Waals surface area (Å²) in [4.78, 5) is 4.08. The Bertz CT molecular complexity index is 1170. The quantitative estimate of drug-likeness (QED) is 0.435. The fraction of sp³-hybridized carbons (Fsp3) is 0. The first-order chi connectivity index (χ1) is 12.4. The predicted octanol–water partition coefficient (Wildman–Crippen LogP) is 5.56. The van der Waals surface area contributed by atoms with Crippen LogP contribution in [0.4, 0.5) is 0 Å². The highest BCUT2D eigenvalue weighted by molar-refractivity contribution is 6.05. The van der Waals surface area contributed by atoms with E-state index in [-0.39, 0.29) is 0 Å². The Balaban J connectivity index is 1.54. The monoisotopic (exact) mass is 326 g/mol. The summed E-state index contributed by atoms with van der Waals surface area (Å²) < 4.78 is 13.9. The number of benzene rings is 3. The maximum Gasteiger partial charge on any atom is 0.135 e. The van der Waals surface area contributed by atoms with Crippen molar-refractivity contribution in [2.45, 2.75) is 0 Å². The van der Waals surface area contributed by atoms with E-state index in [1.165, 1.54) is 0 Å². The predicted molar refractivity (Wildman–Crippen MR) is 97.4 cm³/mol. The van der Waals surface area contributed by atoms with Crippen molar-refractivity contribution in [1.82, 2.24) is 9.55 Å². The van der Waals surface area contributed by atoms with E-state index >= 15 is 0 Å². The molecular weight excluding hydrogens is 312 g/mol. The lowest BCUT2D eigenvalue weighted by molar-refractivity contribution is 0.483. The van der Waals surface area contributed by atoms with Crippen molar-refractivity contribution in [3.8, 4) is 17.2 Å². The van der Waals surface area contributed by atoms with Gasteiger partial charge in [-0.25, -0.2) is 4.98 Å². The third-order valence-electron chi connectivity index (χ3n) is 4.20. The molecule has 0 aliphatic heterocycles. The Morgan fingerprint density at radius 3 is 2.60 bits per heavy atom. The summed E-state index contributed by atoms with van der Waals surface area (Å²) >= 11 is 0. The summed E-state index contributed by atoms with van der Waals surface area (Å²) in [7, 11) is 0. The number of para-hydroxylation sites is 1. The molecule has 0 atom stereocenters. The van der Waals surface area contributed by atoms with Crippen LogP contribution in [0, 0.1) is 0 Å². The van der Waals surface area contributed by atoms with Crippen LogP contribution in [0.1, 0.15) is 0 Å². The summed E-state index contributed by atoms with van der Waals surface area (Å²) in [6.07, 6.45) is 5.43. The molecule has 3 aromatic carbocycles. The molecule has 0 saturated heterocycles. The van der Waals surface area contributed by atoms with Gasteiger partial charge in [-0.05, 0) is 36.4 Å². The molecule has 0 amide bonds. The fourth-order valence-corrected chi connectivity index (χ4v) is 3.02. The van der Waals surface area contributed by atoms with Gasteiger partial charge in [0.2, 0.25) is 0 Å². The van der Waals surface area contributed by atoms with Crippen LogP contribution in [-0.4, -0.2) is 9.55 Å². The van der Waals surface area contributed by atoms with Crippen molar-refractivity contribution >= 4 is 21.9 Å². The van der Waals surface area contributed by atoms with E-state index in [1.54, 1.807) is 12.5 Å². The van der Waals surface area contributed by atoms with Crippen molar-refractivity contribution in [2.75, 3.05) is 0 Å². The molecule has 5 aromatic rings. The highest BCUT2D eigenvalue weighted by Gasteiger charge is 2.08. The molecular formula is C21H14N2O2. The van der Waals surface area contributed by atoms with E-state index < -0.39 is 0 Å². The molecule has 0 aliphatic rings. The van der Waals surface area contributed by atoms with Crippen LogP contribution in [0.3, 0.4) is 0 Å². The van der Waals surface area contributed by atoms with Gasteiger partial charge in [0.15, 0.2) is 0 Å². The minimum Gasteiger partial charge on any atom is -0.457 e. The van der Waals surface area contributed by atoms with Gasteiger partial charge in [-0.15, -0.1) is 0 Å². The normalized spacial score (nSPS) is 11.2. The topological polar surface area (TPSA) is 40.2 Å². The molecule has 0 unspecified atom stereocenters. The van der Waals surface area contributed by atoms with Gasteiger partial charge in [-0.1, -0.05) is 24.3 Å². The van der Waals surface area contributed by atoms with Crippen LogP contribution in [0.5, 0.6) is 11.5 Å². The fourth-order valence-electron chi connectivity index (χ4n) is 3.02. The number of nitrogens with zero attached hydrogens (tertiary/aromatic N) is 2. The molecule has 4 nitrogen and oxygen atoms in total. The first-order valence-corrected chi connectivity index (χ1v) is 8.04. The second-order valence-electron chi connectivity index (χ2n) is 5.83. The first-order valence-electron chi connectivity index (χ1n) is 8.04. The average Bonchev–Trinajstić information content (AvgIpc) is 3.30. The number of fused-ring (bicyclic) bond motifs is 3. The van der Waals surface area contributed by atoms with Gasteiger partial charge >= 0.3 is 0 Å². The van der Waals surface area contributed by atoms with Crippen molar-refractivity contribution in [3.63, 3.8) is 0 Å². The highest BCUT2D eigenvalue weighted by atomic mass is 16.5. The summed E-state index contributed by atoms with van der Waals surface area (Å²) in [6.45, 7) is 0. The Morgan fingerprint density at radius 2 is 1.68 bits per heavy atom. The van der Waals surface area contributed by atoms with Gasteiger partial charge in [0.1, 0.15) is 22.7 Å². The largest absolute Gasteiger partial charge is 0.457 e. The number of hydrogen-bond donors (Lipinski definition) is 0. The smallest absolute Gasteiger partial charge is 0.135 e. The van der Waals surface area contributed by atoms with Gasteiger partial charge < -0.3 is 13.7 Å². The zero-order valence-electron chi connectivity index (χ0n) is 13.3. The van der Waals surface area contributed by atoms with E-state index in [1.807, 2.05) is 71.4 Å². The van der Waals surface area contributed by atoms with Crippen molar-refractivity contribution in [1.29, 1.82) is 0 Å². The second-order valence-corrected chi connectivity index (χ2v) is 5.83. The van der Waals surface area contributed by atoms with Crippen LogP contribution >= 0.6 is 0 Å². The Labute approximate surface area is 143 Å². The summed E-state index contributed by atoms with van der Waals surface area (Å²) in [5.41, 5.74) is 2.75. The number of hydrogen-bond acceptors (Lipinski definition) is 3. The van der Waals surface area contributed by atoms with Gasteiger partial charge in [-0.2, -0.15) is 0 Å². The molecule has 5 rings (SSSR count). The number of furan rings is 1. The van der Waals surface area contributed by atoms with Gasteiger partial charge in [0.05, 0.1) is 12.0 Å². The maximum absolute atomic E-state index is 6.07. The first kappa shape index (κ1) is 13.9. The highest BCUT2D eigenvalue weighted by Crippen LogP contribution is 2.33. The molecule has 0 bridgehead atoms. The number of imidazole rings is 1. The van der Waals surface area contributed by atoms with Crippen molar-refractivity contribution in [3.05, 3.63) is 85.5 Å². The molecule has 0 spiro atoms. The van der Waals surface area contributed by atoms with Crippen LogP contribution in [0.25, 0.3) is 27.6 Å². The van der Waals surface area contributed by atoms with Gasteiger partial charge in [0, 0.05) is 29.2 Å².